The maximum absolute atomic E-state index is 13.0. The van der Waals surface area contributed by atoms with Crippen molar-refractivity contribution in [2.24, 2.45) is 0 Å². The SMILES string of the molecule is C=CCOc1c(Cl)cc(/C=C2/C(=O)NC(=O)N(c3ccccc3Cl)C2=O)cc1OCC. The zero-order valence-electron chi connectivity index (χ0n) is 16.5. The predicted octanol–water partition coefficient (Wildman–Crippen LogP) is 4.62. The van der Waals surface area contributed by atoms with E-state index in [1.807, 2.05) is 0 Å². The van der Waals surface area contributed by atoms with Crippen molar-refractivity contribution < 1.29 is 23.9 Å². The van der Waals surface area contributed by atoms with Crippen molar-refractivity contribution >= 4 is 52.8 Å². The summed E-state index contributed by atoms with van der Waals surface area (Å²) in [5, 5.41) is 2.56. The Hall–Kier alpha value is -3.29. The molecule has 9 heteroatoms. The predicted molar refractivity (Wildman–Crippen MR) is 119 cm³/mol. The number of para-hydroxylation sites is 1. The highest BCUT2D eigenvalue weighted by Gasteiger charge is 2.37. The van der Waals surface area contributed by atoms with Crippen LogP contribution in [-0.4, -0.2) is 31.1 Å². The molecule has 4 amide bonds. The van der Waals surface area contributed by atoms with E-state index in [1.54, 1.807) is 31.2 Å². The molecular weight excluding hydrogens is 443 g/mol. The van der Waals surface area contributed by atoms with E-state index < -0.39 is 17.8 Å². The highest BCUT2D eigenvalue weighted by molar-refractivity contribution is 6.42. The van der Waals surface area contributed by atoms with Crippen LogP contribution in [-0.2, 0) is 9.59 Å². The number of anilines is 1. The second-order valence-electron chi connectivity index (χ2n) is 6.27. The Kier molecular flexibility index (Phi) is 6.99. The summed E-state index contributed by atoms with van der Waals surface area (Å²) < 4.78 is 11.1. The average Bonchev–Trinajstić information content (AvgIpc) is 2.72. The molecule has 3 rings (SSSR count). The molecule has 1 fully saturated rings. The first-order valence-corrected chi connectivity index (χ1v) is 9.99. The molecule has 1 heterocycles. The maximum atomic E-state index is 13.0. The highest BCUT2D eigenvalue weighted by Crippen LogP contribution is 2.38. The van der Waals surface area contributed by atoms with Crippen LogP contribution >= 0.6 is 23.2 Å². The van der Waals surface area contributed by atoms with Crippen LogP contribution in [0.5, 0.6) is 11.5 Å². The van der Waals surface area contributed by atoms with Crippen LogP contribution in [0.3, 0.4) is 0 Å². The van der Waals surface area contributed by atoms with Gasteiger partial charge in [0.2, 0.25) is 0 Å². The van der Waals surface area contributed by atoms with Gasteiger partial charge in [0.25, 0.3) is 11.8 Å². The van der Waals surface area contributed by atoms with Gasteiger partial charge in [-0.25, -0.2) is 9.69 Å². The number of carbonyl (C=O) groups is 3. The summed E-state index contributed by atoms with van der Waals surface area (Å²) >= 11 is 12.5. The molecule has 1 N–H and O–H groups in total. The van der Waals surface area contributed by atoms with E-state index in [9.17, 15) is 14.4 Å². The van der Waals surface area contributed by atoms with Gasteiger partial charge in [0.15, 0.2) is 11.5 Å². The highest BCUT2D eigenvalue weighted by atomic mass is 35.5. The monoisotopic (exact) mass is 460 g/mol. The molecule has 0 spiro atoms. The number of hydrogen-bond acceptors (Lipinski definition) is 5. The number of halogens is 2. The number of carbonyl (C=O) groups excluding carboxylic acids is 3. The molecule has 160 valence electrons. The van der Waals surface area contributed by atoms with Gasteiger partial charge in [0, 0.05) is 0 Å². The van der Waals surface area contributed by atoms with E-state index in [0.29, 0.717) is 23.7 Å². The molecule has 1 aliphatic rings. The fourth-order valence-corrected chi connectivity index (χ4v) is 3.39. The third-order valence-electron chi connectivity index (χ3n) is 4.18. The van der Waals surface area contributed by atoms with Gasteiger partial charge in [-0.1, -0.05) is 48.0 Å². The fourth-order valence-electron chi connectivity index (χ4n) is 2.89. The third kappa shape index (κ3) is 4.73. The molecule has 0 unspecified atom stereocenters. The molecule has 0 bridgehead atoms. The number of benzene rings is 2. The molecule has 1 aliphatic heterocycles. The lowest BCUT2D eigenvalue weighted by molar-refractivity contribution is -0.122. The molecule has 0 radical (unpaired) electrons. The first-order chi connectivity index (χ1) is 14.9. The first-order valence-electron chi connectivity index (χ1n) is 9.23. The maximum Gasteiger partial charge on any atom is 0.335 e. The Bertz CT molecular complexity index is 1100. The van der Waals surface area contributed by atoms with Gasteiger partial charge >= 0.3 is 6.03 Å². The van der Waals surface area contributed by atoms with Crippen LogP contribution < -0.4 is 19.7 Å². The Balaban J connectivity index is 2.04. The molecule has 0 aromatic heterocycles. The van der Waals surface area contributed by atoms with Crippen LogP contribution in [0.25, 0.3) is 6.08 Å². The van der Waals surface area contributed by atoms with Gasteiger partial charge in [0.1, 0.15) is 12.2 Å². The number of urea groups is 1. The smallest absolute Gasteiger partial charge is 0.335 e. The van der Waals surface area contributed by atoms with Crippen molar-refractivity contribution in [2.45, 2.75) is 6.92 Å². The van der Waals surface area contributed by atoms with Crippen LogP contribution in [0.1, 0.15) is 12.5 Å². The van der Waals surface area contributed by atoms with Crippen molar-refractivity contribution in [1.82, 2.24) is 5.32 Å². The molecule has 7 nitrogen and oxygen atoms in total. The zero-order chi connectivity index (χ0) is 22.5. The number of imide groups is 2. The van der Waals surface area contributed by atoms with E-state index in [1.165, 1.54) is 24.3 Å². The van der Waals surface area contributed by atoms with Gasteiger partial charge in [-0.05, 0) is 42.8 Å². The van der Waals surface area contributed by atoms with E-state index in [4.69, 9.17) is 32.7 Å². The number of amides is 4. The largest absolute Gasteiger partial charge is 0.490 e. The Morgan fingerprint density at radius 3 is 2.52 bits per heavy atom. The summed E-state index contributed by atoms with van der Waals surface area (Å²) in [4.78, 5) is 38.6. The lowest BCUT2D eigenvalue weighted by Gasteiger charge is -2.27. The number of hydrogen-bond donors (Lipinski definition) is 1. The molecule has 2 aromatic carbocycles. The minimum atomic E-state index is -0.888. The fraction of sp³-hybridized carbons (Fsp3) is 0.136. The molecule has 0 atom stereocenters. The summed E-state index contributed by atoms with van der Waals surface area (Å²) in [5.74, 6) is -0.994. The van der Waals surface area contributed by atoms with Gasteiger partial charge < -0.3 is 9.47 Å². The standard InChI is InChI=1S/C22H18Cl2N2O5/c1-3-9-31-19-16(24)11-13(12-18(19)30-4-2)10-14-20(27)25-22(29)26(21(14)28)17-8-6-5-7-15(17)23/h3,5-8,10-12H,1,4,9H2,2H3,(H,25,27,29)/b14-10-. The third-order valence-corrected chi connectivity index (χ3v) is 4.78. The number of barbiturate groups is 1. The number of rotatable bonds is 7. The zero-order valence-corrected chi connectivity index (χ0v) is 18.0. The molecule has 1 saturated heterocycles. The van der Waals surface area contributed by atoms with Crippen LogP contribution in [0.2, 0.25) is 10.0 Å². The van der Waals surface area contributed by atoms with Gasteiger partial charge in [0.05, 0.1) is 22.3 Å². The van der Waals surface area contributed by atoms with Gasteiger partial charge in [-0.15, -0.1) is 0 Å². The summed E-state index contributed by atoms with van der Waals surface area (Å²) in [6.07, 6.45) is 2.88. The number of ether oxygens (including phenoxy) is 2. The second kappa shape index (κ2) is 9.68. The molecule has 2 aromatic rings. The summed E-state index contributed by atoms with van der Waals surface area (Å²) in [7, 11) is 0. The summed E-state index contributed by atoms with van der Waals surface area (Å²) in [5.41, 5.74) is 0.301. The Morgan fingerprint density at radius 2 is 1.84 bits per heavy atom. The van der Waals surface area contributed by atoms with Crippen LogP contribution in [0.4, 0.5) is 10.5 Å². The van der Waals surface area contributed by atoms with Crippen LogP contribution in [0, 0.1) is 0 Å². The topological polar surface area (TPSA) is 84.9 Å². The first kappa shape index (κ1) is 22.4. The van der Waals surface area contributed by atoms with Crippen molar-refractivity contribution in [3.63, 3.8) is 0 Å². The second-order valence-corrected chi connectivity index (χ2v) is 7.09. The lowest BCUT2D eigenvalue weighted by Crippen LogP contribution is -2.54. The van der Waals surface area contributed by atoms with E-state index in [0.717, 1.165) is 4.90 Å². The molecule has 31 heavy (non-hydrogen) atoms. The minimum absolute atomic E-state index is 0.159. The van der Waals surface area contributed by atoms with Crippen molar-refractivity contribution in [2.75, 3.05) is 18.1 Å². The van der Waals surface area contributed by atoms with E-state index in [-0.39, 0.29) is 27.9 Å². The van der Waals surface area contributed by atoms with Crippen molar-refractivity contribution in [1.29, 1.82) is 0 Å². The molecule has 0 saturated carbocycles. The minimum Gasteiger partial charge on any atom is -0.490 e. The van der Waals surface area contributed by atoms with Gasteiger partial charge in [-0.3, -0.25) is 14.9 Å². The number of nitrogens with one attached hydrogen (secondary N) is 1. The Labute approximate surface area is 188 Å². The molecular formula is C22H18Cl2N2O5. The van der Waals surface area contributed by atoms with Crippen molar-refractivity contribution in [3.05, 3.63) is 70.2 Å². The quantitative estimate of drug-likeness (QED) is 0.370. The number of nitrogens with zero attached hydrogens (tertiary/aromatic N) is 1. The van der Waals surface area contributed by atoms with E-state index >= 15 is 0 Å². The average molecular weight is 461 g/mol. The Morgan fingerprint density at radius 1 is 1.10 bits per heavy atom. The summed E-state index contributed by atoms with van der Waals surface area (Å²) in [6.45, 7) is 5.95. The van der Waals surface area contributed by atoms with Crippen molar-refractivity contribution in [3.8, 4) is 11.5 Å². The van der Waals surface area contributed by atoms with E-state index in [2.05, 4.69) is 11.9 Å². The lowest BCUT2D eigenvalue weighted by atomic mass is 10.1. The van der Waals surface area contributed by atoms with Crippen LogP contribution in [0.15, 0.2) is 54.6 Å². The van der Waals surface area contributed by atoms with Gasteiger partial charge in [-0.2, -0.15) is 0 Å². The molecule has 0 aliphatic carbocycles. The normalized spacial score (nSPS) is 15.1. The summed E-state index contributed by atoms with van der Waals surface area (Å²) in [6, 6.07) is 8.53.